The second kappa shape index (κ2) is 5.13. The number of hydrogen-bond acceptors (Lipinski definition) is 2. The van der Waals surface area contributed by atoms with E-state index in [2.05, 4.69) is 57.3 Å². The summed E-state index contributed by atoms with van der Waals surface area (Å²) in [5, 5.41) is 8.46. The van der Waals surface area contributed by atoms with Crippen molar-refractivity contribution < 1.29 is 0 Å². The first-order chi connectivity index (χ1) is 9.24. The van der Waals surface area contributed by atoms with E-state index in [0.29, 0.717) is 0 Å². The summed E-state index contributed by atoms with van der Waals surface area (Å²) in [4.78, 5) is 0. The van der Waals surface area contributed by atoms with Gasteiger partial charge in [0.2, 0.25) is 0 Å². The Labute approximate surface area is 120 Å². The molecule has 0 N–H and O–H groups in total. The van der Waals surface area contributed by atoms with Crippen molar-refractivity contribution in [2.75, 3.05) is 0 Å². The maximum absolute atomic E-state index is 4.27. The number of fused-ring (bicyclic) bond motifs is 1. The second-order valence-corrected chi connectivity index (χ2v) is 5.53. The van der Waals surface area contributed by atoms with Crippen LogP contribution < -0.4 is 0 Å². The van der Waals surface area contributed by atoms with Crippen LogP contribution in [0.25, 0.3) is 5.65 Å². The van der Waals surface area contributed by atoms with E-state index in [4.69, 9.17) is 0 Å². The molecule has 3 aromatic rings. The lowest BCUT2D eigenvalue weighted by atomic mass is 10.0. The van der Waals surface area contributed by atoms with Crippen molar-refractivity contribution in [3.05, 3.63) is 64.0 Å². The van der Waals surface area contributed by atoms with Gasteiger partial charge in [-0.2, -0.15) is 0 Å². The molecule has 3 nitrogen and oxygen atoms in total. The highest BCUT2D eigenvalue weighted by Gasteiger charge is 2.06. The van der Waals surface area contributed by atoms with Gasteiger partial charge in [-0.15, -0.1) is 10.2 Å². The molecule has 0 aliphatic heterocycles. The molecule has 0 unspecified atom stereocenters. The number of benzene rings is 1. The van der Waals surface area contributed by atoms with Crippen molar-refractivity contribution in [1.29, 1.82) is 0 Å². The van der Waals surface area contributed by atoms with Crippen molar-refractivity contribution in [3.63, 3.8) is 0 Å². The number of aromatic nitrogens is 3. The Morgan fingerprint density at radius 1 is 1.05 bits per heavy atom. The first-order valence-electron chi connectivity index (χ1n) is 6.28. The summed E-state index contributed by atoms with van der Waals surface area (Å²) < 4.78 is 3.08. The monoisotopic (exact) mass is 315 g/mol. The molecule has 2 heterocycles. The summed E-state index contributed by atoms with van der Waals surface area (Å²) >= 11 is 3.48. The van der Waals surface area contributed by atoms with E-state index in [1.54, 1.807) is 0 Å². The van der Waals surface area contributed by atoms with Gasteiger partial charge in [0.05, 0.1) is 0 Å². The molecule has 0 spiro atoms. The Kier molecular flexibility index (Phi) is 3.34. The molecule has 0 saturated carbocycles. The lowest BCUT2D eigenvalue weighted by Crippen LogP contribution is -1.99. The fourth-order valence-electron chi connectivity index (χ4n) is 2.22. The molecule has 96 valence electrons. The number of halogens is 1. The number of nitrogens with zero attached hydrogens (tertiary/aromatic N) is 3. The maximum Gasteiger partial charge on any atom is 0.160 e. The lowest BCUT2D eigenvalue weighted by molar-refractivity contribution is 0.834. The van der Waals surface area contributed by atoms with Gasteiger partial charge < -0.3 is 0 Å². The van der Waals surface area contributed by atoms with Crippen molar-refractivity contribution in [2.45, 2.75) is 19.8 Å². The fraction of sp³-hybridized carbons (Fsp3) is 0.200. The molecule has 0 radical (unpaired) electrons. The zero-order valence-corrected chi connectivity index (χ0v) is 12.3. The molecule has 0 aliphatic rings. The molecule has 19 heavy (non-hydrogen) atoms. The Morgan fingerprint density at radius 2 is 1.89 bits per heavy atom. The number of hydrogen-bond donors (Lipinski definition) is 0. The number of aryl methyl sites for hydroxylation is 3. The molecular formula is C15H14BrN3. The minimum absolute atomic E-state index is 0.891. The summed E-state index contributed by atoms with van der Waals surface area (Å²) in [6, 6.07) is 12.4. The van der Waals surface area contributed by atoms with Gasteiger partial charge in [0.15, 0.2) is 5.65 Å². The van der Waals surface area contributed by atoms with E-state index >= 15 is 0 Å². The van der Waals surface area contributed by atoms with Gasteiger partial charge in [0.25, 0.3) is 0 Å². The Balaban J connectivity index is 1.86. The van der Waals surface area contributed by atoms with Crippen LogP contribution in [0.15, 0.2) is 47.1 Å². The zero-order chi connectivity index (χ0) is 13.2. The first-order valence-corrected chi connectivity index (χ1v) is 7.07. The van der Waals surface area contributed by atoms with E-state index in [-0.39, 0.29) is 0 Å². The van der Waals surface area contributed by atoms with Crippen LogP contribution >= 0.6 is 15.9 Å². The first kappa shape index (κ1) is 12.4. The highest BCUT2D eigenvalue weighted by Crippen LogP contribution is 2.14. The van der Waals surface area contributed by atoms with Gasteiger partial charge in [-0.3, -0.25) is 4.40 Å². The van der Waals surface area contributed by atoms with E-state index in [1.165, 1.54) is 11.1 Å². The third-order valence-corrected chi connectivity index (χ3v) is 3.79. The van der Waals surface area contributed by atoms with Crippen LogP contribution in [0.5, 0.6) is 0 Å². The number of rotatable bonds is 3. The van der Waals surface area contributed by atoms with Gasteiger partial charge in [-0.1, -0.05) is 24.3 Å². The highest BCUT2D eigenvalue weighted by molar-refractivity contribution is 9.10. The molecule has 0 bridgehead atoms. The fourth-order valence-corrected chi connectivity index (χ4v) is 2.56. The molecule has 0 fully saturated rings. The average Bonchev–Trinajstić information content (AvgIpc) is 2.80. The third-order valence-electron chi connectivity index (χ3n) is 3.32. The quantitative estimate of drug-likeness (QED) is 0.739. The normalized spacial score (nSPS) is 11.1. The smallest absolute Gasteiger partial charge is 0.160 e. The SMILES string of the molecule is Cc1ccccc1CCc1nnc2ccc(Br)cn12. The van der Waals surface area contributed by atoms with Crippen LogP contribution in [-0.2, 0) is 12.8 Å². The van der Waals surface area contributed by atoms with E-state index < -0.39 is 0 Å². The number of pyridine rings is 1. The minimum atomic E-state index is 0.891. The third kappa shape index (κ3) is 2.54. The van der Waals surface area contributed by atoms with Crippen molar-refractivity contribution in [1.82, 2.24) is 14.6 Å². The Bertz CT molecular complexity index is 718. The summed E-state index contributed by atoms with van der Waals surface area (Å²) in [5.74, 6) is 1.000. The predicted molar refractivity (Wildman–Crippen MR) is 79.3 cm³/mol. The van der Waals surface area contributed by atoms with Crippen LogP contribution in [0.4, 0.5) is 0 Å². The molecular weight excluding hydrogens is 302 g/mol. The molecule has 1 aromatic carbocycles. The summed E-state index contributed by atoms with van der Waals surface area (Å²) in [6.07, 6.45) is 3.89. The van der Waals surface area contributed by atoms with Crippen LogP contribution in [0.3, 0.4) is 0 Å². The molecule has 0 amide bonds. The van der Waals surface area contributed by atoms with Gasteiger partial charge in [-0.25, -0.2) is 0 Å². The Morgan fingerprint density at radius 3 is 2.74 bits per heavy atom. The van der Waals surface area contributed by atoms with Crippen LogP contribution in [-0.4, -0.2) is 14.6 Å². The standard InChI is InChI=1S/C15H14BrN3/c1-11-4-2-3-5-12(11)6-8-14-17-18-15-9-7-13(16)10-19(14)15/h2-5,7,9-10H,6,8H2,1H3. The van der Waals surface area contributed by atoms with Gasteiger partial charge in [0, 0.05) is 17.1 Å². The second-order valence-electron chi connectivity index (χ2n) is 4.62. The van der Waals surface area contributed by atoms with Crippen LogP contribution in [0, 0.1) is 6.92 Å². The summed E-state index contributed by atoms with van der Waals surface area (Å²) in [5.41, 5.74) is 3.59. The van der Waals surface area contributed by atoms with Crippen molar-refractivity contribution in [3.8, 4) is 0 Å². The maximum atomic E-state index is 4.27. The summed E-state index contributed by atoms with van der Waals surface area (Å²) in [6.45, 7) is 2.15. The van der Waals surface area contributed by atoms with Crippen LogP contribution in [0.1, 0.15) is 17.0 Å². The van der Waals surface area contributed by atoms with E-state index in [0.717, 1.165) is 28.8 Å². The predicted octanol–water partition coefficient (Wildman–Crippen LogP) is 3.59. The van der Waals surface area contributed by atoms with Gasteiger partial charge in [0.1, 0.15) is 5.82 Å². The van der Waals surface area contributed by atoms with E-state index in [1.807, 2.05) is 22.7 Å². The van der Waals surface area contributed by atoms with Crippen molar-refractivity contribution >= 4 is 21.6 Å². The molecule has 2 aromatic heterocycles. The minimum Gasteiger partial charge on any atom is -0.285 e. The molecule has 3 rings (SSSR count). The largest absolute Gasteiger partial charge is 0.285 e. The average molecular weight is 316 g/mol. The van der Waals surface area contributed by atoms with Gasteiger partial charge in [-0.05, 0) is 52.5 Å². The van der Waals surface area contributed by atoms with Gasteiger partial charge >= 0.3 is 0 Å². The van der Waals surface area contributed by atoms with E-state index in [9.17, 15) is 0 Å². The summed E-state index contributed by atoms with van der Waals surface area (Å²) in [7, 11) is 0. The lowest BCUT2D eigenvalue weighted by Gasteiger charge is -2.04. The molecule has 4 heteroatoms. The molecule has 0 atom stereocenters. The molecule has 0 aliphatic carbocycles. The Hall–Kier alpha value is -1.68. The van der Waals surface area contributed by atoms with Crippen LogP contribution in [0.2, 0.25) is 0 Å². The highest BCUT2D eigenvalue weighted by atomic mass is 79.9. The topological polar surface area (TPSA) is 30.2 Å². The zero-order valence-electron chi connectivity index (χ0n) is 10.7. The molecule has 0 saturated heterocycles. The van der Waals surface area contributed by atoms with Crippen molar-refractivity contribution in [2.24, 2.45) is 0 Å².